The number of rotatable bonds is 1. The Bertz CT molecular complexity index is 1950. The van der Waals surface area contributed by atoms with Crippen LogP contribution in [0, 0.1) is 20.8 Å². The Hall–Kier alpha value is -4.11. The molecule has 0 saturated carbocycles. The first kappa shape index (κ1) is 19.4. The highest BCUT2D eigenvalue weighted by molar-refractivity contribution is 6.18. The molecule has 34 heavy (non-hydrogen) atoms. The van der Waals surface area contributed by atoms with E-state index < -0.39 is 0 Å². The number of aromatic nitrogens is 1. The molecule has 3 aromatic heterocycles. The van der Waals surface area contributed by atoms with E-state index in [4.69, 9.17) is 8.83 Å². The van der Waals surface area contributed by atoms with E-state index in [0.717, 1.165) is 65.9 Å². The van der Waals surface area contributed by atoms with Crippen LogP contribution in [0.2, 0.25) is 0 Å². The normalized spacial score (nSPS) is 12.1. The lowest BCUT2D eigenvalue weighted by Crippen LogP contribution is -2.30. The van der Waals surface area contributed by atoms with Gasteiger partial charge in [-0.05, 0) is 67.8 Å². The summed E-state index contributed by atoms with van der Waals surface area (Å²) in [7, 11) is 2.11. The molecule has 0 amide bonds. The molecule has 0 aliphatic carbocycles. The van der Waals surface area contributed by atoms with Crippen LogP contribution in [0.1, 0.15) is 16.7 Å². The fraction of sp³-hybridized carbons (Fsp3) is 0.129. The maximum absolute atomic E-state index is 6.49. The summed E-state index contributed by atoms with van der Waals surface area (Å²) in [4.78, 5) is 0. The van der Waals surface area contributed by atoms with Gasteiger partial charge in [-0.25, -0.2) is 4.57 Å². The lowest BCUT2D eigenvalue weighted by Gasteiger charge is -2.11. The molecule has 0 spiro atoms. The highest BCUT2D eigenvalue weighted by Crippen LogP contribution is 2.42. The second kappa shape index (κ2) is 6.71. The molecule has 0 unspecified atom stereocenters. The molecule has 3 nitrogen and oxygen atoms in total. The van der Waals surface area contributed by atoms with Crippen LogP contribution >= 0.6 is 0 Å². The van der Waals surface area contributed by atoms with E-state index in [1.807, 2.05) is 12.1 Å². The van der Waals surface area contributed by atoms with Gasteiger partial charge in [-0.2, -0.15) is 0 Å². The van der Waals surface area contributed by atoms with Crippen molar-refractivity contribution in [3.05, 3.63) is 89.6 Å². The second-order valence-electron chi connectivity index (χ2n) is 9.45. The van der Waals surface area contributed by atoms with Gasteiger partial charge in [0.1, 0.15) is 29.4 Å². The van der Waals surface area contributed by atoms with Crippen molar-refractivity contribution in [2.24, 2.45) is 7.05 Å². The first-order chi connectivity index (χ1) is 16.5. The molecule has 0 N–H and O–H groups in total. The smallest absolute Gasteiger partial charge is 0.224 e. The van der Waals surface area contributed by atoms with E-state index in [0.29, 0.717) is 0 Å². The first-order valence-corrected chi connectivity index (χ1v) is 11.7. The van der Waals surface area contributed by atoms with Crippen molar-refractivity contribution < 1.29 is 13.4 Å². The highest BCUT2D eigenvalue weighted by atomic mass is 16.3. The number of hydrogen-bond acceptors (Lipinski definition) is 2. The predicted molar refractivity (Wildman–Crippen MR) is 139 cm³/mol. The van der Waals surface area contributed by atoms with Crippen molar-refractivity contribution in [3.8, 4) is 11.3 Å². The Balaban J connectivity index is 1.65. The van der Waals surface area contributed by atoms with Gasteiger partial charge in [0.05, 0.1) is 10.9 Å². The van der Waals surface area contributed by atoms with Crippen LogP contribution in [-0.2, 0) is 7.05 Å². The number of pyridine rings is 1. The van der Waals surface area contributed by atoms with Gasteiger partial charge in [0.25, 0.3) is 0 Å². The largest absolute Gasteiger partial charge is 0.455 e. The number of hydrogen-bond donors (Lipinski definition) is 0. The van der Waals surface area contributed by atoms with Crippen molar-refractivity contribution in [1.29, 1.82) is 0 Å². The van der Waals surface area contributed by atoms with Gasteiger partial charge in [0.15, 0.2) is 6.20 Å². The van der Waals surface area contributed by atoms with Gasteiger partial charge in [-0.15, -0.1) is 0 Å². The van der Waals surface area contributed by atoms with Crippen LogP contribution in [0.25, 0.3) is 65.9 Å². The zero-order valence-corrected chi connectivity index (χ0v) is 19.7. The van der Waals surface area contributed by atoms with Crippen LogP contribution < -0.4 is 4.57 Å². The van der Waals surface area contributed by atoms with Crippen LogP contribution in [-0.4, -0.2) is 0 Å². The standard InChI is InChI=1S/C31H24NO2/c1-17-9-10-21-23-12-11-22-24(30(23)34-27(21)15-17)13-14-32(4)29(22)28-19(3)18(2)16-25-20-7-5-6-8-26(20)33-31(25)28/h5-16H,1-4H3/q+1. The molecule has 0 aliphatic rings. The third-order valence-electron chi connectivity index (χ3n) is 7.33. The fourth-order valence-corrected chi connectivity index (χ4v) is 5.47. The van der Waals surface area contributed by atoms with Gasteiger partial charge in [0.2, 0.25) is 5.69 Å². The first-order valence-electron chi connectivity index (χ1n) is 11.7. The van der Waals surface area contributed by atoms with Crippen LogP contribution in [0.5, 0.6) is 0 Å². The minimum Gasteiger partial charge on any atom is -0.455 e. The number of fused-ring (bicyclic) bond motifs is 8. The molecular formula is C31H24NO2+. The van der Waals surface area contributed by atoms with E-state index in [2.05, 4.69) is 93.2 Å². The molecule has 7 aromatic rings. The van der Waals surface area contributed by atoms with E-state index in [9.17, 15) is 0 Å². The molecule has 0 bridgehead atoms. The molecule has 0 atom stereocenters. The molecule has 3 heterocycles. The minimum absolute atomic E-state index is 0.918. The number of nitrogens with zero attached hydrogens (tertiary/aromatic N) is 1. The van der Waals surface area contributed by atoms with E-state index in [1.54, 1.807) is 0 Å². The molecule has 0 saturated heterocycles. The third-order valence-corrected chi connectivity index (χ3v) is 7.33. The SMILES string of the molecule is Cc1ccc2c(c1)oc1c3cc[n+](C)c(-c4c(C)c(C)cc5c4oc4ccccc45)c3ccc21. The average Bonchev–Trinajstić information content (AvgIpc) is 3.38. The summed E-state index contributed by atoms with van der Waals surface area (Å²) in [6.07, 6.45) is 2.13. The van der Waals surface area contributed by atoms with Crippen molar-refractivity contribution in [1.82, 2.24) is 0 Å². The maximum Gasteiger partial charge on any atom is 0.224 e. The Morgan fingerprint density at radius 1 is 0.618 bits per heavy atom. The maximum atomic E-state index is 6.49. The Labute approximate surface area is 196 Å². The quantitative estimate of drug-likeness (QED) is 0.241. The summed E-state index contributed by atoms with van der Waals surface area (Å²) in [5.74, 6) is 0. The molecule has 0 fully saturated rings. The van der Waals surface area contributed by atoms with E-state index in [1.165, 1.54) is 16.7 Å². The average molecular weight is 443 g/mol. The van der Waals surface area contributed by atoms with Crippen molar-refractivity contribution >= 4 is 54.6 Å². The molecular weight excluding hydrogens is 418 g/mol. The lowest BCUT2D eigenvalue weighted by atomic mass is 9.93. The number of benzene rings is 4. The van der Waals surface area contributed by atoms with E-state index >= 15 is 0 Å². The zero-order valence-electron chi connectivity index (χ0n) is 19.7. The summed E-state index contributed by atoms with van der Waals surface area (Å²) < 4.78 is 15.1. The molecule has 164 valence electrons. The van der Waals surface area contributed by atoms with Crippen molar-refractivity contribution in [2.75, 3.05) is 0 Å². The molecule has 0 aliphatic heterocycles. The van der Waals surface area contributed by atoms with Crippen LogP contribution in [0.15, 0.2) is 81.8 Å². The Kier molecular flexibility index (Phi) is 3.82. The lowest BCUT2D eigenvalue weighted by molar-refractivity contribution is -0.659. The number of para-hydroxylation sites is 1. The summed E-state index contributed by atoms with van der Waals surface area (Å²) in [5, 5.41) is 6.89. The summed E-state index contributed by atoms with van der Waals surface area (Å²) in [6, 6.07) is 23.6. The third kappa shape index (κ3) is 2.50. The zero-order chi connectivity index (χ0) is 23.1. The molecule has 4 aromatic carbocycles. The van der Waals surface area contributed by atoms with Gasteiger partial charge < -0.3 is 8.83 Å². The van der Waals surface area contributed by atoms with Gasteiger partial charge in [0, 0.05) is 33.0 Å². The molecule has 0 radical (unpaired) electrons. The van der Waals surface area contributed by atoms with Crippen LogP contribution in [0.3, 0.4) is 0 Å². The molecule has 7 rings (SSSR count). The van der Waals surface area contributed by atoms with Crippen molar-refractivity contribution in [2.45, 2.75) is 20.8 Å². The van der Waals surface area contributed by atoms with E-state index in [-0.39, 0.29) is 0 Å². The number of furan rings is 2. The summed E-state index contributed by atoms with van der Waals surface area (Å²) in [6.45, 7) is 6.48. The predicted octanol–water partition coefficient (Wildman–Crippen LogP) is 8.06. The minimum atomic E-state index is 0.918. The summed E-state index contributed by atoms with van der Waals surface area (Å²) >= 11 is 0. The van der Waals surface area contributed by atoms with Gasteiger partial charge in [-0.3, -0.25) is 0 Å². The second-order valence-corrected chi connectivity index (χ2v) is 9.45. The topological polar surface area (TPSA) is 30.2 Å². The number of aryl methyl sites for hydroxylation is 3. The van der Waals surface area contributed by atoms with Crippen LogP contribution in [0.4, 0.5) is 0 Å². The fourth-order valence-electron chi connectivity index (χ4n) is 5.47. The Morgan fingerprint density at radius 3 is 2.21 bits per heavy atom. The van der Waals surface area contributed by atoms with Gasteiger partial charge >= 0.3 is 0 Å². The summed E-state index contributed by atoms with van der Waals surface area (Å²) in [5.41, 5.74) is 9.70. The molecule has 3 heteroatoms. The highest BCUT2D eigenvalue weighted by Gasteiger charge is 2.26. The Morgan fingerprint density at radius 2 is 1.32 bits per heavy atom. The van der Waals surface area contributed by atoms with Gasteiger partial charge in [-0.1, -0.05) is 30.3 Å². The monoisotopic (exact) mass is 442 g/mol. The van der Waals surface area contributed by atoms with Crippen molar-refractivity contribution in [3.63, 3.8) is 0 Å².